The van der Waals surface area contributed by atoms with Gasteiger partial charge in [0.05, 0.1) is 0 Å². The Balaban J connectivity index is 1.66. The first-order valence-electron chi connectivity index (χ1n) is 6.96. The van der Waals surface area contributed by atoms with Crippen LogP contribution in [0, 0.1) is 5.82 Å². The van der Waals surface area contributed by atoms with Crippen LogP contribution in [0.25, 0.3) is 0 Å². The Labute approximate surface area is 126 Å². The Morgan fingerprint density at radius 1 is 1.29 bits per heavy atom. The van der Waals surface area contributed by atoms with Gasteiger partial charge in [0.1, 0.15) is 5.82 Å². The summed E-state index contributed by atoms with van der Waals surface area (Å²) >= 11 is 1.52. The van der Waals surface area contributed by atoms with Gasteiger partial charge in [0, 0.05) is 16.6 Å². The van der Waals surface area contributed by atoms with Crippen molar-refractivity contribution in [1.29, 1.82) is 0 Å². The van der Waals surface area contributed by atoms with Crippen molar-refractivity contribution in [3.05, 3.63) is 46.7 Å². The molecule has 2 aromatic rings. The molecule has 1 aromatic carbocycles. The van der Waals surface area contributed by atoms with Gasteiger partial charge in [0.25, 0.3) is 5.91 Å². The van der Waals surface area contributed by atoms with Gasteiger partial charge in [-0.15, -0.1) is 11.3 Å². The van der Waals surface area contributed by atoms with E-state index in [4.69, 9.17) is 0 Å². The first-order valence-corrected chi connectivity index (χ1v) is 7.77. The van der Waals surface area contributed by atoms with Crippen LogP contribution >= 0.6 is 11.3 Å². The largest absolute Gasteiger partial charge is 0.317 e. The third kappa shape index (κ3) is 3.46. The van der Waals surface area contributed by atoms with Gasteiger partial charge in [0.2, 0.25) is 0 Å². The van der Waals surface area contributed by atoms with Crippen LogP contribution in [0.4, 0.5) is 9.52 Å². The van der Waals surface area contributed by atoms with Crippen molar-refractivity contribution in [3.63, 3.8) is 0 Å². The lowest BCUT2D eigenvalue weighted by molar-refractivity contribution is 0.102. The fourth-order valence-electron chi connectivity index (χ4n) is 2.41. The average molecular weight is 305 g/mol. The maximum Gasteiger partial charge on any atom is 0.257 e. The van der Waals surface area contributed by atoms with E-state index in [1.165, 1.54) is 40.5 Å². The highest BCUT2D eigenvalue weighted by atomic mass is 32.1. The second-order valence-corrected chi connectivity index (χ2v) is 6.12. The molecule has 1 aromatic heterocycles. The van der Waals surface area contributed by atoms with Gasteiger partial charge in [0.15, 0.2) is 5.13 Å². The molecule has 2 heterocycles. The van der Waals surface area contributed by atoms with Crippen LogP contribution in [0.5, 0.6) is 0 Å². The summed E-state index contributed by atoms with van der Waals surface area (Å²) in [5.41, 5.74) is 0.426. The third-order valence-electron chi connectivity index (χ3n) is 3.59. The van der Waals surface area contributed by atoms with Gasteiger partial charge < -0.3 is 5.32 Å². The lowest BCUT2D eigenvalue weighted by Crippen LogP contribution is -2.26. The highest BCUT2D eigenvalue weighted by Gasteiger charge is 2.18. The van der Waals surface area contributed by atoms with Crippen molar-refractivity contribution in [2.45, 2.75) is 18.8 Å². The topological polar surface area (TPSA) is 54.0 Å². The minimum Gasteiger partial charge on any atom is -0.317 e. The number of carbonyl (C=O) groups excluding carboxylic acids is 1. The minimum absolute atomic E-state index is 0.263. The van der Waals surface area contributed by atoms with E-state index in [1.54, 1.807) is 0 Å². The molecule has 0 atom stereocenters. The Morgan fingerprint density at radius 3 is 2.71 bits per heavy atom. The third-order valence-corrected chi connectivity index (χ3v) is 4.67. The van der Waals surface area contributed by atoms with Gasteiger partial charge in [-0.25, -0.2) is 9.37 Å². The van der Waals surface area contributed by atoms with Crippen LogP contribution in [0.15, 0.2) is 30.5 Å². The van der Waals surface area contributed by atoms with Crippen molar-refractivity contribution in [1.82, 2.24) is 10.3 Å². The molecule has 110 valence electrons. The number of hydrogen-bond acceptors (Lipinski definition) is 4. The molecule has 4 nitrogen and oxygen atoms in total. The van der Waals surface area contributed by atoms with Crippen LogP contribution in [-0.4, -0.2) is 24.0 Å². The highest BCUT2D eigenvalue weighted by molar-refractivity contribution is 7.15. The molecule has 1 aliphatic rings. The van der Waals surface area contributed by atoms with Crippen LogP contribution in [0.3, 0.4) is 0 Å². The van der Waals surface area contributed by atoms with Crippen LogP contribution < -0.4 is 10.6 Å². The molecule has 0 spiro atoms. The summed E-state index contributed by atoms with van der Waals surface area (Å²) in [6.45, 7) is 2.06. The van der Waals surface area contributed by atoms with E-state index in [9.17, 15) is 9.18 Å². The zero-order chi connectivity index (χ0) is 14.7. The maximum absolute atomic E-state index is 12.8. The van der Waals surface area contributed by atoms with E-state index >= 15 is 0 Å². The summed E-state index contributed by atoms with van der Waals surface area (Å²) in [6.07, 6.45) is 4.06. The number of hydrogen-bond donors (Lipinski definition) is 2. The molecular weight excluding hydrogens is 289 g/mol. The fourth-order valence-corrected chi connectivity index (χ4v) is 3.39. The summed E-state index contributed by atoms with van der Waals surface area (Å²) in [7, 11) is 0. The van der Waals surface area contributed by atoms with Crippen molar-refractivity contribution in [2.75, 3.05) is 18.4 Å². The molecule has 6 heteroatoms. The number of anilines is 1. The summed E-state index contributed by atoms with van der Waals surface area (Å²) < 4.78 is 12.8. The normalized spacial score (nSPS) is 15.9. The number of nitrogens with one attached hydrogen (secondary N) is 2. The molecule has 0 radical (unpaired) electrons. The molecule has 0 aliphatic carbocycles. The van der Waals surface area contributed by atoms with Crippen molar-refractivity contribution < 1.29 is 9.18 Å². The average Bonchev–Trinajstić information content (AvgIpc) is 2.97. The number of amides is 1. The summed E-state index contributed by atoms with van der Waals surface area (Å²) in [5, 5.41) is 6.70. The molecule has 1 aliphatic heterocycles. The maximum atomic E-state index is 12.8. The van der Waals surface area contributed by atoms with E-state index in [1.807, 2.05) is 6.20 Å². The zero-order valence-corrected chi connectivity index (χ0v) is 12.3. The van der Waals surface area contributed by atoms with Gasteiger partial charge in [-0.05, 0) is 56.1 Å². The number of piperidine rings is 1. The molecule has 0 bridgehead atoms. The Morgan fingerprint density at radius 2 is 2.00 bits per heavy atom. The first kappa shape index (κ1) is 14.2. The minimum atomic E-state index is -0.353. The van der Waals surface area contributed by atoms with E-state index < -0.39 is 0 Å². The standard InChI is InChI=1S/C15H16FN3OS/c16-12-3-1-11(2-4-12)14(20)19-15-18-9-13(21-15)10-5-7-17-8-6-10/h1-4,9-10,17H,5-8H2,(H,18,19,20). The molecule has 2 N–H and O–H groups in total. The predicted molar refractivity (Wildman–Crippen MR) is 81.3 cm³/mol. The molecule has 3 rings (SSSR count). The van der Waals surface area contributed by atoms with E-state index in [2.05, 4.69) is 15.6 Å². The monoisotopic (exact) mass is 305 g/mol. The molecule has 0 unspecified atom stereocenters. The van der Waals surface area contributed by atoms with Gasteiger partial charge >= 0.3 is 0 Å². The van der Waals surface area contributed by atoms with E-state index in [0.717, 1.165) is 25.9 Å². The lowest BCUT2D eigenvalue weighted by Gasteiger charge is -2.20. The van der Waals surface area contributed by atoms with Crippen molar-refractivity contribution >= 4 is 22.4 Å². The molecule has 1 saturated heterocycles. The van der Waals surface area contributed by atoms with Gasteiger partial charge in [-0.3, -0.25) is 10.1 Å². The molecule has 0 saturated carbocycles. The number of aromatic nitrogens is 1. The Bertz CT molecular complexity index is 620. The Kier molecular flexibility index (Phi) is 4.26. The summed E-state index contributed by atoms with van der Waals surface area (Å²) in [6, 6.07) is 5.48. The fraction of sp³-hybridized carbons (Fsp3) is 0.333. The molecule has 1 amide bonds. The second kappa shape index (κ2) is 6.32. The zero-order valence-electron chi connectivity index (χ0n) is 11.4. The van der Waals surface area contributed by atoms with Crippen LogP contribution in [-0.2, 0) is 0 Å². The highest BCUT2D eigenvalue weighted by Crippen LogP contribution is 2.31. The number of carbonyl (C=O) groups is 1. The van der Waals surface area contributed by atoms with Crippen LogP contribution in [0.2, 0.25) is 0 Å². The van der Waals surface area contributed by atoms with Crippen molar-refractivity contribution in [2.24, 2.45) is 0 Å². The number of nitrogens with zero attached hydrogens (tertiary/aromatic N) is 1. The predicted octanol–water partition coefficient (Wildman–Crippen LogP) is 3.00. The molecular formula is C15H16FN3OS. The first-order chi connectivity index (χ1) is 10.2. The van der Waals surface area contributed by atoms with Crippen LogP contribution in [0.1, 0.15) is 34.0 Å². The van der Waals surface area contributed by atoms with Gasteiger partial charge in [-0.1, -0.05) is 0 Å². The SMILES string of the molecule is O=C(Nc1ncc(C2CCNCC2)s1)c1ccc(F)cc1. The number of rotatable bonds is 3. The van der Waals surface area contributed by atoms with E-state index in [-0.39, 0.29) is 11.7 Å². The summed E-state index contributed by atoms with van der Waals surface area (Å²) in [5.74, 6) is -0.0876. The number of thiazole rings is 1. The second-order valence-electron chi connectivity index (χ2n) is 5.05. The quantitative estimate of drug-likeness (QED) is 0.916. The van der Waals surface area contributed by atoms with Gasteiger partial charge in [-0.2, -0.15) is 0 Å². The lowest BCUT2D eigenvalue weighted by atomic mass is 9.97. The van der Waals surface area contributed by atoms with E-state index in [0.29, 0.717) is 16.6 Å². The number of halogens is 1. The Hall–Kier alpha value is -1.79. The smallest absolute Gasteiger partial charge is 0.257 e. The molecule has 1 fully saturated rings. The molecule has 21 heavy (non-hydrogen) atoms. The van der Waals surface area contributed by atoms with Crippen molar-refractivity contribution in [3.8, 4) is 0 Å². The summed E-state index contributed by atoms with van der Waals surface area (Å²) in [4.78, 5) is 17.5. The number of benzene rings is 1.